The van der Waals surface area contributed by atoms with Crippen LogP contribution >= 0.6 is 15.9 Å². The molecule has 1 saturated heterocycles. The van der Waals surface area contributed by atoms with Crippen LogP contribution in [0.1, 0.15) is 11.3 Å². The van der Waals surface area contributed by atoms with E-state index in [1.165, 1.54) is 13.2 Å². The summed E-state index contributed by atoms with van der Waals surface area (Å²) in [5.74, 6) is -0.497. The van der Waals surface area contributed by atoms with Crippen LogP contribution in [-0.4, -0.2) is 43.0 Å². The third-order valence-corrected chi connectivity index (χ3v) is 5.82. The van der Waals surface area contributed by atoms with Gasteiger partial charge in [0.1, 0.15) is 17.1 Å². The average molecular weight is 509 g/mol. The molecule has 3 aromatic rings. The number of hydrogen-bond donors (Lipinski definition) is 0. The molecule has 1 aliphatic rings. The van der Waals surface area contributed by atoms with Crippen LogP contribution in [0.4, 0.5) is 10.5 Å². The summed E-state index contributed by atoms with van der Waals surface area (Å²) < 4.78 is 11.8. The van der Waals surface area contributed by atoms with Gasteiger partial charge in [-0.2, -0.15) is 0 Å². The number of para-hydroxylation sites is 1. The fraction of sp³-hybridized carbons (Fsp3) is 0.160. The monoisotopic (exact) mass is 508 g/mol. The van der Waals surface area contributed by atoms with E-state index in [0.29, 0.717) is 17.2 Å². The number of amides is 4. The van der Waals surface area contributed by atoms with Crippen LogP contribution in [0.2, 0.25) is 0 Å². The second-order valence-electron chi connectivity index (χ2n) is 7.45. The predicted octanol–water partition coefficient (Wildman–Crippen LogP) is 5.04. The van der Waals surface area contributed by atoms with E-state index in [0.717, 1.165) is 25.4 Å². The van der Waals surface area contributed by atoms with E-state index >= 15 is 0 Å². The lowest BCUT2D eigenvalue weighted by Gasteiger charge is -2.33. The van der Waals surface area contributed by atoms with Crippen molar-refractivity contribution >= 4 is 45.5 Å². The van der Waals surface area contributed by atoms with Crippen molar-refractivity contribution in [3.05, 3.63) is 82.0 Å². The molecule has 0 atom stereocenters. The minimum Gasteiger partial charge on any atom is -0.457 e. The number of anilines is 1. The lowest BCUT2D eigenvalue weighted by atomic mass is 10.1. The normalized spacial score (nSPS) is 15.6. The topological polar surface area (TPSA) is 80.1 Å². The summed E-state index contributed by atoms with van der Waals surface area (Å²) in [5.41, 5.74) is 2.14. The van der Waals surface area contributed by atoms with Crippen LogP contribution in [0.15, 0.2) is 75.1 Å². The Labute approximate surface area is 199 Å². The number of carbonyl (C=O) groups excluding carboxylic acids is 3. The minimum atomic E-state index is -0.714. The number of carbonyl (C=O) groups is 3. The number of halogens is 1. The van der Waals surface area contributed by atoms with Crippen molar-refractivity contribution in [3.63, 3.8) is 0 Å². The number of hydrogen-bond acceptors (Lipinski definition) is 5. The number of imide groups is 2. The van der Waals surface area contributed by atoms with Gasteiger partial charge in [-0.15, -0.1) is 0 Å². The van der Waals surface area contributed by atoms with Gasteiger partial charge in [0.2, 0.25) is 0 Å². The first-order valence-electron chi connectivity index (χ1n) is 10.2. The Hall–Kier alpha value is -3.49. The summed E-state index contributed by atoms with van der Waals surface area (Å²) in [5, 5.41) is 0. The van der Waals surface area contributed by atoms with Crippen LogP contribution in [0, 0.1) is 6.92 Å². The molecule has 0 N–H and O–H groups in total. The molecule has 0 bridgehead atoms. The Bertz CT molecular complexity index is 1250. The summed E-state index contributed by atoms with van der Waals surface area (Å²) in [4.78, 5) is 41.3. The van der Waals surface area contributed by atoms with Crippen LogP contribution < -0.4 is 4.90 Å². The predicted molar refractivity (Wildman–Crippen MR) is 127 cm³/mol. The molecule has 1 fully saturated rings. The van der Waals surface area contributed by atoms with Gasteiger partial charge < -0.3 is 9.15 Å². The zero-order chi connectivity index (χ0) is 23.5. The second-order valence-corrected chi connectivity index (χ2v) is 8.31. The molecular formula is C25H21BrN2O5. The molecule has 0 unspecified atom stereocenters. The number of rotatable bonds is 6. The van der Waals surface area contributed by atoms with E-state index in [-0.39, 0.29) is 18.7 Å². The van der Waals surface area contributed by atoms with E-state index < -0.39 is 17.8 Å². The smallest absolute Gasteiger partial charge is 0.338 e. The molecule has 33 heavy (non-hydrogen) atoms. The quantitative estimate of drug-likeness (QED) is 0.344. The maximum absolute atomic E-state index is 13.2. The van der Waals surface area contributed by atoms with Gasteiger partial charge in [0.25, 0.3) is 11.8 Å². The highest BCUT2D eigenvalue weighted by atomic mass is 79.9. The molecule has 168 valence electrons. The highest BCUT2D eigenvalue weighted by molar-refractivity contribution is 9.10. The molecule has 1 aliphatic heterocycles. The van der Waals surface area contributed by atoms with E-state index in [2.05, 4.69) is 15.9 Å². The Morgan fingerprint density at radius 1 is 1.00 bits per heavy atom. The third-order valence-electron chi connectivity index (χ3n) is 5.17. The molecule has 0 saturated carbocycles. The van der Waals surface area contributed by atoms with Crippen molar-refractivity contribution < 1.29 is 23.5 Å². The number of ether oxygens (including phenoxy) is 1. The summed E-state index contributed by atoms with van der Waals surface area (Å²) in [7, 11) is 1.48. The Morgan fingerprint density at radius 2 is 1.76 bits per heavy atom. The zero-order valence-electron chi connectivity index (χ0n) is 18.1. The van der Waals surface area contributed by atoms with Gasteiger partial charge in [-0.1, -0.05) is 40.2 Å². The van der Waals surface area contributed by atoms with Crippen LogP contribution in [0.5, 0.6) is 0 Å². The van der Waals surface area contributed by atoms with E-state index in [9.17, 15) is 14.4 Å². The van der Waals surface area contributed by atoms with Gasteiger partial charge in [-0.05, 0) is 55.0 Å². The highest BCUT2D eigenvalue weighted by Crippen LogP contribution is 2.32. The van der Waals surface area contributed by atoms with E-state index in [1.807, 2.05) is 25.1 Å². The summed E-state index contributed by atoms with van der Waals surface area (Å²) >= 11 is 3.54. The number of nitrogens with zero attached hydrogens (tertiary/aromatic N) is 2. The molecule has 7 nitrogen and oxygen atoms in total. The fourth-order valence-corrected chi connectivity index (χ4v) is 4.19. The van der Waals surface area contributed by atoms with Crippen LogP contribution in [-0.2, 0) is 14.3 Å². The van der Waals surface area contributed by atoms with Gasteiger partial charge in [0.15, 0.2) is 0 Å². The molecule has 4 amide bonds. The van der Waals surface area contributed by atoms with E-state index in [1.54, 1.807) is 42.5 Å². The molecule has 0 radical (unpaired) electrons. The first-order valence-corrected chi connectivity index (χ1v) is 11.0. The number of aryl methyl sites for hydroxylation is 1. The minimum absolute atomic E-state index is 0.0157. The third kappa shape index (κ3) is 4.53. The Morgan fingerprint density at radius 3 is 2.45 bits per heavy atom. The molecule has 2 heterocycles. The maximum Gasteiger partial charge on any atom is 0.338 e. The van der Waals surface area contributed by atoms with Crippen molar-refractivity contribution in [3.8, 4) is 11.3 Å². The fourth-order valence-electron chi connectivity index (χ4n) is 3.50. The van der Waals surface area contributed by atoms with Crippen molar-refractivity contribution in [1.82, 2.24) is 4.90 Å². The molecule has 0 aliphatic carbocycles. The number of furan rings is 1. The molecule has 8 heteroatoms. The first kappa shape index (κ1) is 22.7. The molecule has 0 spiro atoms. The lowest BCUT2D eigenvalue weighted by Crippen LogP contribution is -2.57. The second kappa shape index (κ2) is 9.56. The van der Waals surface area contributed by atoms with E-state index in [4.69, 9.17) is 9.15 Å². The Kier molecular flexibility index (Phi) is 6.57. The van der Waals surface area contributed by atoms with Gasteiger partial charge in [0.05, 0.1) is 18.8 Å². The standard InChI is InChI=1S/C25H21BrN2O5/c1-16-8-10-19(21(26)14-16)22-11-9-18(33-22)15-20-23(29)27(12-13-32-2)25(31)28(24(20)30)17-6-4-3-5-7-17/h3-11,14-15H,12-13H2,1-2H3/b20-15+. The summed E-state index contributed by atoms with van der Waals surface area (Å²) in [6.07, 6.45) is 1.37. The zero-order valence-corrected chi connectivity index (χ0v) is 19.7. The number of barbiturate groups is 1. The summed E-state index contributed by atoms with van der Waals surface area (Å²) in [6, 6.07) is 17.1. The van der Waals surface area contributed by atoms with Gasteiger partial charge in [-0.3, -0.25) is 14.5 Å². The van der Waals surface area contributed by atoms with Crippen molar-refractivity contribution in [2.45, 2.75) is 6.92 Å². The lowest BCUT2D eigenvalue weighted by molar-refractivity contribution is -0.129. The molecule has 4 rings (SSSR count). The average Bonchev–Trinajstić information content (AvgIpc) is 3.26. The molecule has 2 aromatic carbocycles. The molecule has 1 aromatic heterocycles. The molecular weight excluding hydrogens is 488 g/mol. The highest BCUT2D eigenvalue weighted by Gasteiger charge is 2.42. The number of benzene rings is 2. The van der Waals surface area contributed by atoms with Crippen molar-refractivity contribution in [2.75, 3.05) is 25.2 Å². The first-order chi connectivity index (χ1) is 15.9. The summed E-state index contributed by atoms with van der Waals surface area (Å²) in [6.45, 7) is 2.15. The van der Waals surface area contributed by atoms with Crippen LogP contribution in [0.3, 0.4) is 0 Å². The Balaban J connectivity index is 1.73. The SMILES string of the molecule is COCCN1C(=O)/C(=C\c2ccc(-c3ccc(C)cc3Br)o2)C(=O)N(c2ccccc2)C1=O. The van der Waals surface area contributed by atoms with Gasteiger partial charge in [0, 0.05) is 17.1 Å². The van der Waals surface area contributed by atoms with Gasteiger partial charge >= 0.3 is 6.03 Å². The number of urea groups is 1. The van der Waals surface area contributed by atoms with Crippen LogP contribution in [0.25, 0.3) is 17.4 Å². The number of methoxy groups -OCH3 is 1. The maximum atomic E-state index is 13.2. The van der Waals surface area contributed by atoms with Gasteiger partial charge in [-0.25, -0.2) is 9.69 Å². The van der Waals surface area contributed by atoms with Crippen molar-refractivity contribution in [1.29, 1.82) is 0 Å². The van der Waals surface area contributed by atoms with Crippen molar-refractivity contribution in [2.24, 2.45) is 0 Å². The largest absolute Gasteiger partial charge is 0.457 e.